The number of aldehydes is 1. The van der Waals surface area contributed by atoms with Crippen molar-refractivity contribution in [2.75, 3.05) is 71.6 Å². The van der Waals surface area contributed by atoms with Crippen molar-refractivity contribution in [2.45, 2.75) is 88.0 Å². The molecule has 7 atom stereocenters. The van der Waals surface area contributed by atoms with Crippen LogP contribution in [0.4, 0.5) is 5.82 Å². The maximum absolute atomic E-state index is 13.3. The molecule has 1 unspecified atom stereocenters. The molecule has 2 aromatic rings. The number of benzene rings is 1. The summed E-state index contributed by atoms with van der Waals surface area (Å²) in [6, 6.07) is 9.92. The molecule has 1 aromatic heterocycles. The predicted molar refractivity (Wildman–Crippen MR) is 219 cm³/mol. The summed E-state index contributed by atoms with van der Waals surface area (Å²) in [4.78, 5) is 35.5. The Morgan fingerprint density at radius 1 is 1.14 bits per heavy atom. The first kappa shape index (κ1) is 42.5. The van der Waals surface area contributed by atoms with E-state index in [1.165, 1.54) is 36.7 Å². The molecule has 2 aliphatic carbocycles. The Labute approximate surface area is 338 Å². The number of rotatable bonds is 6. The number of aromatic nitrogens is 1. The minimum Gasteiger partial charge on any atom is -0.489 e. The Hall–Kier alpha value is -3.07. The van der Waals surface area contributed by atoms with E-state index in [9.17, 15) is 18.0 Å². The molecule has 1 saturated heterocycles. The van der Waals surface area contributed by atoms with E-state index >= 15 is 0 Å². The largest absolute Gasteiger partial charge is 0.489 e. The third-order valence-corrected chi connectivity index (χ3v) is 15.2. The van der Waals surface area contributed by atoms with Crippen molar-refractivity contribution in [1.82, 2.24) is 19.9 Å². The molecule has 4 heterocycles. The molecule has 3 aliphatic heterocycles. The second-order valence-corrected chi connectivity index (χ2v) is 18.8. The number of piperazine rings is 1. The molecule has 5 aliphatic rings. The van der Waals surface area contributed by atoms with Crippen LogP contribution in [0, 0.1) is 17.8 Å². The highest BCUT2D eigenvalue weighted by molar-refractivity contribution is 7.90. The molecule has 7 rings (SSSR count). The summed E-state index contributed by atoms with van der Waals surface area (Å²) < 4.78 is 46.3. The molecular formula is C42H60ClN5O7S. The van der Waals surface area contributed by atoms with Gasteiger partial charge in [0.05, 0.1) is 18.5 Å². The number of pyridine rings is 1. The number of carbonyl (C=O) groups excluding carboxylic acids is 2. The quantitative estimate of drug-likeness (QED) is 0.295. The summed E-state index contributed by atoms with van der Waals surface area (Å²) in [5.41, 5.74) is 0.943. The fraction of sp³-hybridized carbons (Fsp3) is 0.643. The normalized spacial score (nSPS) is 31.5. The van der Waals surface area contributed by atoms with Gasteiger partial charge in [-0.1, -0.05) is 37.6 Å². The zero-order valence-corrected chi connectivity index (χ0v) is 35.2. The number of anilines is 1. The summed E-state index contributed by atoms with van der Waals surface area (Å²) >= 11 is 6.39. The van der Waals surface area contributed by atoms with Gasteiger partial charge in [0.15, 0.2) is 17.9 Å². The lowest BCUT2D eigenvalue weighted by Crippen LogP contribution is -2.54. The summed E-state index contributed by atoms with van der Waals surface area (Å²) in [7, 11) is -0.676. The molecule has 1 aromatic carbocycles. The molecule has 1 saturated carbocycles. The molecule has 2 fully saturated rings. The van der Waals surface area contributed by atoms with Crippen LogP contribution < -0.4 is 19.7 Å². The Morgan fingerprint density at radius 3 is 2.61 bits per heavy atom. The second kappa shape index (κ2) is 18.2. The number of aryl methyl sites for hydroxylation is 1. The maximum Gasteiger partial charge on any atom is 0.283 e. The van der Waals surface area contributed by atoms with Crippen molar-refractivity contribution in [1.29, 1.82) is 0 Å². The third-order valence-electron chi connectivity index (χ3n) is 13.0. The Bertz CT molecular complexity index is 1840. The van der Waals surface area contributed by atoms with Crippen LogP contribution in [0.3, 0.4) is 0 Å². The van der Waals surface area contributed by atoms with Crippen LogP contribution in [0.1, 0.15) is 80.9 Å². The molecule has 56 heavy (non-hydrogen) atoms. The molecular weight excluding hydrogens is 754 g/mol. The molecule has 1 spiro atoms. The Balaban J connectivity index is 0.000000380. The highest BCUT2D eigenvalue weighted by atomic mass is 35.5. The van der Waals surface area contributed by atoms with Gasteiger partial charge in [-0.2, -0.15) is 0 Å². The molecule has 2 bridgehead atoms. The van der Waals surface area contributed by atoms with Gasteiger partial charge in [0, 0.05) is 75.9 Å². The number of methoxy groups -OCH3 is 2. The average molecular weight is 814 g/mol. The van der Waals surface area contributed by atoms with Crippen LogP contribution >= 0.6 is 11.6 Å². The van der Waals surface area contributed by atoms with Gasteiger partial charge in [-0.05, 0) is 105 Å². The molecule has 0 radical (unpaired) electrons. The van der Waals surface area contributed by atoms with E-state index in [-0.39, 0.29) is 28.9 Å². The highest BCUT2D eigenvalue weighted by Gasteiger charge is 2.49. The van der Waals surface area contributed by atoms with Crippen LogP contribution in [0.15, 0.2) is 42.5 Å². The van der Waals surface area contributed by atoms with E-state index in [1.54, 1.807) is 33.3 Å². The van der Waals surface area contributed by atoms with Crippen LogP contribution in [-0.2, 0) is 36.1 Å². The summed E-state index contributed by atoms with van der Waals surface area (Å²) in [6.45, 7) is 12.7. The molecule has 12 nitrogen and oxygen atoms in total. The van der Waals surface area contributed by atoms with Crippen LogP contribution in [0.5, 0.6) is 5.75 Å². The van der Waals surface area contributed by atoms with Gasteiger partial charge < -0.3 is 24.4 Å². The van der Waals surface area contributed by atoms with Crippen molar-refractivity contribution >= 4 is 39.6 Å². The Kier molecular flexibility index (Phi) is 13.9. The van der Waals surface area contributed by atoms with Crippen molar-refractivity contribution in [3.05, 3.63) is 64.3 Å². The first-order valence-electron chi connectivity index (χ1n) is 20.3. The number of nitrogens with zero attached hydrogens (tertiary/aromatic N) is 3. The van der Waals surface area contributed by atoms with Gasteiger partial charge >= 0.3 is 0 Å². The van der Waals surface area contributed by atoms with E-state index in [0.717, 1.165) is 58.1 Å². The van der Waals surface area contributed by atoms with Crippen molar-refractivity contribution in [2.24, 2.45) is 17.8 Å². The second-order valence-electron chi connectivity index (χ2n) is 16.3. The number of fused-ring (bicyclic) bond motifs is 4. The Morgan fingerprint density at radius 2 is 1.93 bits per heavy atom. The average Bonchev–Trinajstić information content (AvgIpc) is 3.34. The predicted octanol–water partition coefficient (Wildman–Crippen LogP) is 5.18. The number of sulfonamides is 1. The number of hydrogen-bond donors (Lipinski definition) is 2. The number of allylic oxidation sites excluding steroid dienone is 1. The molecule has 308 valence electrons. The summed E-state index contributed by atoms with van der Waals surface area (Å²) in [6.07, 6.45) is 10.7. The lowest BCUT2D eigenvalue weighted by molar-refractivity contribution is -0.135. The first-order valence-corrected chi connectivity index (χ1v) is 22.2. The zero-order valence-electron chi connectivity index (χ0n) is 33.6. The van der Waals surface area contributed by atoms with Gasteiger partial charge in [0.25, 0.3) is 5.91 Å². The van der Waals surface area contributed by atoms with E-state index in [0.29, 0.717) is 48.7 Å². The summed E-state index contributed by atoms with van der Waals surface area (Å²) in [5, 5.41) is 3.19. The van der Waals surface area contributed by atoms with Crippen LogP contribution in [0.2, 0.25) is 5.02 Å². The number of ether oxygens (including phenoxy) is 3. The first-order chi connectivity index (χ1) is 26.9. The highest BCUT2D eigenvalue weighted by Crippen LogP contribution is 2.48. The van der Waals surface area contributed by atoms with Gasteiger partial charge in [-0.25, -0.2) is 18.1 Å². The number of hydrogen-bond acceptors (Lipinski definition) is 11. The monoisotopic (exact) mass is 813 g/mol. The fourth-order valence-corrected chi connectivity index (χ4v) is 10.7. The van der Waals surface area contributed by atoms with Gasteiger partial charge in [-0.15, -0.1) is 0 Å². The third kappa shape index (κ3) is 8.98. The molecule has 14 heteroatoms. The van der Waals surface area contributed by atoms with Crippen LogP contribution in [-0.4, -0.2) is 114 Å². The van der Waals surface area contributed by atoms with Crippen molar-refractivity contribution < 1.29 is 32.2 Å². The van der Waals surface area contributed by atoms with E-state index in [2.05, 4.69) is 32.8 Å². The SMILES string of the molecule is CCC(COC)N1CCNCC1.CO[C@@]1(C=O)/C=C/C[C@H](C)[C@@H](C)S(=O)(=O)NC(=O)c2ccc3c(n2)N(C[C@@H]2CC[C@H]21)C[C@@]1(CCCc2cc(Cl)ccc21)CO3. The minimum absolute atomic E-state index is 0.00355. The van der Waals surface area contributed by atoms with Gasteiger partial charge in [-0.3, -0.25) is 14.5 Å². The number of amides is 1. The lowest BCUT2D eigenvalue weighted by Gasteiger charge is -2.48. The van der Waals surface area contributed by atoms with Crippen LogP contribution in [0.25, 0.3) is 0 Å². The van der Waals surface area contributed by atoms with E-state index < -0.39 is 26.8 Å². The van der Waals surface area contributed by atoms with Crippen molar-refractivity contribution in [3.63, 3.8) is 0 Å². The minimum atomic E-state index is -4.01. The fourth-order valence-electron chi connectivity index (χ4n) is 9.25. The molecule has 2 N–H and O–H groups in total. The maximum atomic E-state index is 13.3. The van der Waals surface area contributed by atoms with Gasteiger partial charge in [0.2, 0.25) is 10.0 Å². The van der Waals surface area contributed by atoms with Gasteiger partial charge in [0.1, 0.15) is 11.3 Å². The standard InChI is InChI=1S/C33H40ClN3O6S.C9H20N2O/c1-21-6-4-15-33(19-38,42-3)27-10-8-24(27)17-37-18-32(14-5-7-23-16-25(34)9-11-26(23)32)20-43-29-13-12-28(35-30(29)37)31(39)36-44(40,41)22(21)2;1-3-9(8-12-2)11-6-4-10-5-7-11/h4,9,11-13,15-16,19,21-22,24,27H,5-8,10,14,17-18,20H2,1-3H3,(H,36,39);9-10H,3-8H2,1-2H3/b15-4+;/t21-,22+,24-,27+,32-,33+;/m0./s1. The number of halogens is 1. The summed E-state index contributed by atoms with van der Waals surface area (Å²) in [5.74, 6) is -0.0160. The lowest BCUT2D eigenvalue weighted by atomic mass is 9.64. The van der Waals surface area contributed by atoms with E-state index in [1.807, 2.05) is 25.1 Å². The number of carbonyl (C=O) groups is 2. The topological polar surface area (TPSA) is 139 Å². The zero-order chi connectivity index (χ0) is 40.1. The van der Waals surface area contributed by atoms with Crippen molar-refractivity contribution in [3.8, 4) is 5.75 Å². The van der Waals surface area contributed by atoms with E-state index in [4.69, 9.17) is 30.8 Å². The smallest absolute Gasteiger partial charge is 0.283 e. The molecule has 1 amide bonds. The number of nitrogens with one attached hydrogen (secondary N) is 2.